The van der Waals surface area contributed by atoms with Gasteiger partial charge >= 0.3 is 7.60 Å². The lowest BCUT2D eigenvalue weighted by atomic mass is 10.2. The first-order chi connectivity index (χ1) is 6.79. The van der Waals surface area contributed by atoms with E-state index in [4.69, 9.17) is 9.05 Å². The third-order valence-electron chi connectivity index (χ3n) is 1.45. The Morgan fingerprint density at radius 1 is 1.13 bits per heavy atom. The molecule has 1 unspecified atom stereocenters. The van der Waals surface area contributed by atoms with Gasteiger partial charge in [0, 0.05) is 6.66 Å². The predicted molar refractivity (Wildman–Crippen MR) is 61.4 cm³/mol. The van der Waals surface area contributed by atoms with Gasteiger partial charge in [0.1, 0.15) is 5.75 Å². The maximum Gasteiger partial charge on any atom is 0.376 e. The van der Waals surface area contributed by atoms with Crippen LogP contribution in [0.2, 0.25) is 0 Å². The van der Waals surface area contributed by atoms with Gasteiger partial charge in [0.15, 0.2) is 0 Å². The van der Waals surface area contributed by atoms with E-state index >= 15 is 0 Å². The minimum Gasteiger partial charge on any atom is -0.425 e. The van der Waals surface area contributed by atoms with E-state index in [0.717, 1.165) is 0 Å². The highest BCUT2D eigenvalue weighted by atomic mass is 31.2. The molecule has 84 valence electrons. The molecule has 0 aliphatic rings. The van der Waals surface area contributed by atoms with Crippen LogP contribution in [0.15, 0.2) is 30.3 Å². The van der Waals surface area contributed by atoms with Crippen LogP contribution >= 0.6 is 7.60 Å². The molecule has 0 radical (unpaired) electrons. The summed E-state index contributed by atoms with van der Waals surface area (Å²) in [6.07, 6.45) is 0. The van der Waals surface area contributed by atoms with Crippen molar-refractivity contribution in [3.8, 4) is 5.75 Å². The molecule has 1 atom stereocenters. The minimum absolute atomic E-state index is 0.473. The first-order valence-corrected chi connectivity index (χ1v) is 6.80. The lowest BCUT2D eigenvalue weighted by molar-refractivity contribution is 0.116. The first kappa shape index (κ1) is 12.3. The van der Waals surface area contributed by atoms with E-state index in [9.17, 15) is 4.57 Å². The first-order valence-electron chi connectivity index (χ1n) is 4.81. The number of hydrogen-bond acceptors (Lipinski definition) is 3. The molecule has 0 aliphatic carbocycles. The molecule has 15 heavy (non-hydrogen) atoms. The molecule has 0 aromatic heterocycles. The van der Waals surface area contributed by atoms with Crippen LogP contribution in [0.3, 0.4) is 0 Å². The second kappa shape index (κ2) is 4.38. The number of hydrogen-bond donors (Lipinski definition) is 0. The molecule has 0 spiro atoms. The summed E-state index contributed by atoms with van der Waals surface area (Å²) in [5.74, 6) is 0.563. The summed E-state index contributed by atoms with van der Waals surface area (Å²) < 4.78 is 22.6. The van der Waals surface area contributed by atoms with Gasteiger partial charge in [0.05, 0.1) is 5.60 Å². The summed E-state index contributed by atoms with van der Waals surface area (Å²) in [6, 6.07) is 9.03. The van der Waals surface area contributed by atoms with Gasteiger partial charge in [-0.25, -0.2) is 4.57 Å². The van der Waals surface area contributed by atoms with E-state index in [2.05, 4.69) is 0 Å². The van der Waals surface area contributed by atoms with Crippen molar-refractivity contribution in [2.45, 2.75) is 26.4 Å². The Hall–Kier alpha value is -0.790. The fraction of sp³-hybridized carbons (Fsp3) is 0.455. The summed E-state index contributed by atoms with van der Waals surface area (Å²) in [5.41, 5.74) is -0.473. The van der Waals surface area contributed by atoms with Crippen LogP contribution in [-0.4, -0.2) is 12.3 Å². The summed E-state index contributed by atoms with van der Waals surface area (Å²) in [5, 5.41) is 0. The Morgan fingerprint density at radius 3 is 2.13 bits per heavy atom. The topological polar surface area (TPSA) is 35.5 Å². The molecule has 0 N–H and O–H groups in total. The van der Waals surface area contributed by atoms with Gasteiger partial charge in [-0.2, -0.15) is 0 Å². The largest absolute Gasteiger partial charge is 0.425 e. The van der Waals surface area contributed by atoms with Gasteiger partial charge in [0.2, 0.25) is 0 Å². The molecule has 0 heterocycles. The molecule has 0 saturated carbocycles. The van der Waals surface area contributed by atoms with E-state index in [1.807, 2.05) is 39.0 Å². The zero-order chi connectivity index (χ0) is 11.5. The third kappa shape index (κ3) is 5.01. The fourth-order valence-corrected chi connectivity index (χ4v) is 2.73. The fourth-order valence-electron chi connectivity index (χ4n) is 1.19. The van der Waals surface area contributed by atoms with Crippen LogP contribution < -0.4 is 4.52 Å². The molecular weight excluding hydrogens is 211 g/mol. The van der Waals surface area contributed by atoms with Crippen molar-refractivity contribution in [1.29, 1.82) is 0 Å². The van der Waals surface area contributed by atoms with Crippen molar-refractivity contribution in [1.82, 2.24) is 0 Å². The summed E-state index contributed by atoms with van der Waals surface area (Å²) in [6.45, 7) is 7.01. The van der Waals surface area contributed by atoms with E-state index < -0.39 is 13.2 Å². The third-order valence-corrected chi connectivity index (χ3v) is 2.88. The zero-order valence-electron chi connectivity index (χ0n) is 9.56. The molecular formula is C11H17O3P. The second-order valence-electron chi connectivity index (χ2n) is 4.38. The van der Waals surface area contributed by atoms with Crippen molar-refractivity contribution in [2.75, 3.05) is 6.66 Å². The van der Waals surface area contributed by atoms with Gasteiger partial charge in [0.25, 0.3) is 0 Å². The van der Waals surface area contributed by atoms with Gasteiger partial charge in [-0.05, 0) is 32.9 Å². The number of benzene rings is 1. The average Bonchev–Trinajstić information content (AvgIpc) is 1.99. The summed E-state index contributed by atoms with van der Waals surface area (Å²) in [7, 11) is -3.04. The van der Waals surface area contributed by atoms with Gasteiger partial charge in [-0.15, -0.1) is 0 Å². The molecule has 1 rings (SSSR count). The molecule has 1 aromatic rings. The second-order valence-corrected chi connectivity index (χ2v) is 6.29. The van der Waals surface area contributed by atoms with Crippen LogP contribution in [0.25, 0.3) is 0 Å². The maximum atomic E-state index is 12.0. The molecule has 0 fully saturated rings. The van der Waals surface area contributed by atoms with Gasteiger partial charge in [-0.3, -0.25) is 4.52 Å². The highest BCUT2D eigenvalue weighted by Crippen LogP contribution is 2.47. The van der Waals surface area contributed by atoms with E-state index in [1.54, 1.807) is 12.1 Å². The SMILES string of the molecule is CC(C)(C)OP(C)(=O)Oc1ccccc1. The lowest BCUT2D eigenvalue weighted by Gasteiger charge is -2.24. The lowest BCUT2D eigenvalue weighted by Crippen LogP contribution is -2.18. The van der Waals surface area contributed by atoms with E-state index in [1.165, 1.54) is 6.66 Å². The van der Waals surface area contributed by atoms with Crippen LogP contribution in [0, 0.1) is 0 Å². The van der Waals surface area contributed by atoms with Crippen LogP contribution in [0.4, 0.5) is 0 Å². The predicted octanol–water partition coefficient (Wildman–Crippen LogP) is 3.70. The monoisotopic (exact) mass is 228 g/mol. The Kier molecular flexibility index (Phi) is 3.58. The normalized spacial score (nSPS) is 15.7. The molecule has 1 aromatic carbocycles. The van der Waals surface area contributed by atoms with Crippen molar-refractivity contribution < 1.29 is 13.6 Å². The Balaban J connectivity index is 2.69. The molecule has 0 amide bonds. The highest BCUT2D eigenvalue weighted by Gasteiger charge is 2.26. The van der Waals surface area contributed by atoms with Crippen LogP contribution in [0.5, 0.6) is 5.75 Å². The van der Waals surface area contributed by atoms with E-state index in [-0.39, 0.29) is 0 Å². The Morgan fingerprint density at radius 2 is 1.67 bits per heavy atom. The van der Waals surface area contributed by atoms with Crippen molar-refractivity contribution in [3.63, 3.8) is 0 Å². The summed E-state index contributed by atoms with van der Waals surface area (Å²) >= 11 is 0. The molecule has 4 heteroatoms. The molecule has 0 bridgehead atoms. The average molecular weight is 228 g/mol. The molecule has 0 aliphatic heterocycles. The molecule has 0 saturated heterocycles. The van der Waals surface area contributed by atoms with Crippen LogP contribution in [0.1, 0.15) is 20.8 Å². The maximum absolute atomic E-state index is 12.0. The van der Waals surface area contributed by atoms with Crippen molar-refractivity contribution in [3.05, 3.63) is 30.3 Å². The van der Waals surface area contributed by atoms with Crippen molar-refractivity contribution in [2.24, 2.45) is 0 Å². The van der Waals surface area contributed by atoms with Crippen LogP contribution in [-0.2, 0) is 9.09 Å². The highest BCUT2D eigenvalue weighted by molar-refractivity contribution is 7.53. The molecule has 3 nitrogen and oxygen atoms in total. The van der Waals surface area contributed by atoms with Gasteiger partial charge in [-0.1, -0.05) is 18.2 Å². The van der Waals surface area contributed by atoms with E-state index in [0.29, 0.717) is 5.75 Å². The minimum atomic E-state index is -3.04. The van der Waals surface area contributed by atoms with Crippen molar-refractivity contribution >= 4 is 7.60 Å². The van der Waals surface area contributed by atoms with Gasteiger partial charge < -0.3 is 4.52 Å². The quantitative estimate of drug-likeness (QED) is 0.740. The number of para-hydroxylation sites is 1. The Bertz CT molecular complexity index is 354. The smallest absolute Gasteiger partial charge is 0.376 e. The standard InChI is InChI=1S/C11H17O3P/c1-11(2,3)14-15(4,12)13-10-8-6-5-7-9-10/h5-9H,1-4H3. The summed E-state index contributed by atoms with van der Waals surface area (Å²) in [4.78, 5) is 0. The Labute approximate surface area is 90.9 Å². The zero-order valence-corrected chi connectivity index (χ0v) is 10.5. The number of rotatable bonds is 3.